The normalized spacial score (nSPS) is 12.3. The summed E-state index contributed by atoms with van der Waals surface area (Å²) in [6.45, 7) is 8.53. The quantitative estimate of drug-likeness (QED) is 0.845. The first-order valence-corrected chi connectivity index (χ1v) is 8.87. The van der Waals surface area contributed by atoms with E-state index in [4.69, 9.17) is 5.14 Å². The number of carbonyl (C=O) groups is 1. The number of carbonyl (C=O) groups excluding carboxylic acids is 1. The van der Waals surface area contributed by atoms with E-state index in [0.29, 0.717) is 22.1 Å². The summed E-state index contributed by atoms with van der Waals surface area (Å²) in [5, 5.41) is 7.93. The fourth-order valence-corrected chi connectivity index (χ4v) is 2.88. The largest absolute Gasteiger partial charge is 0.352 e. The average Bonchev–Trinajstić information content (AvgIpc) is 2.29. The van der Waals surface area contributed by atoms with Crippen LogP contribution in [0.15, 0.2) is 21.5 Å². The van der Waals surface area contributed by atoms with Crippen molar-refractivity contribution >= 4 is 31.9 Å². The van der Waals surface area contributed by atoms with Gasteiger partial charge in [-0.2, -0.15) is 0 Å². The van der Waals surface area contributed by atoms with Gasteiger partial charge in [0.15, 0.2) is 0 Å². The second-order valence-electron chi connectivity index (χ2n) is 6.19. The number of benzene rings is 1. The van der Waals surface area contributed by atoms with Gasteiger partial charge in [0.05, 0.1) is 4.90 Å². The van der Waals surface area contributed by atoms with Crippen molar-refractivity contribution in [2.75, 3.05) is 6.54 Å². The van der Waals surface area contributed by atoms with E-state index in [1.165, 1.54) is 12.1 Å². The molecule has 0 heterocycles. The maximum Gasteiger partial charge on any atom is 0.251 e. The minimum Gasteiger partial charge on any atom is -0.352 e. The van der Waals surface area contributed by atoms with E-state index in [2.05, 4.69) is 42.0 Å². The zero-order valence-corrected chi connectivity index (χ0v) is 15.1. The lowest BCUT2D eigenvalue weighted by atomic mass is 9.92. The molecule has 0 aliphatic heterocycles. The molecule has 0 spiro atoms. The van der Waals surface area contributed by atoms with Crippen LogP contribution in [0.25, 0.3) is 0 Å². The summed E-state index contributed by atoms with van der Waals surface area (Å²) in [6.07, 6.45) is 0.827. The van der Waals surface area contributed by atoms with Gasteiger partial charge in [-0.05, 0) is 36.5 Å². The molecule has 7 heteroatoms. The highest BCUT2D eigenvalue weighted by atomic mass is 79.9. The molecule has 3 N–H and O–H groups in total. The maximum absolute atomic E-state index is 12.2. The van der Waals surface area contributed by atoms with Gasteiger partial charge >= 0.3 is 0 Å². The van der Waals surface area contributed by atoms with Crippen LogP contribution in [0.1, 0.15) is 43.1 Å². The summed E-state index contributed by atoms with van der Waals surface area (Å²) in [4.78, 5) is 12.1. The van der Waals surface area contributed by atoms with Crippen LogP contribution in [0.5, 0.6) is 0 Å². The Kier molecular flexibility index (Phi) is 5.57. The van der Waals surface area contributed by atoms with Gasteiger partial charge < -0.3 is 5.32 Å². The highest BCUT2D eigenvalue weighted by molar-refractivity contribution is 9.10. The van der Waals surface area contributed by atoms with Crippen molar-refractivity contribution in [1.82, 2.24) is 5.32 Å². The van der Waals surface area contributed by atoms with Crippen molar-refractivity contribution in [2.45, 2.75) is 39.0 Å². The van der Waals surface area contributed by atoms with Crippen LogP contribution < -0.4 is 10.5 Å². The summed E-state index contributed by atoms with van der Waals surface area (Å²) < 4.78 is 23.4. The van der Waals surface area contributed by atoms with Gasteiger partial charge in [0, 0.05) is 16.6 Å². The van der Waals surface area contributed by atoms with Gasteiger partial charge in [0.1, 0.15) is 0 Å². The summed E-state index contributed by atoms with van der Waals surface area (Å²) in [5.41, 5.74) is 1.10. The molecule has 1 aromatic carbocycles. The van der Waals surface area contributed by atoms with Crippen molar-refractivity contribution in [3.63, 3.8) is 0 Å². The second-order valence-corrected chi connectivity index (χ2v) is 8.60. The first kappa shape index (κ1) is 18.1. The summed E-state index contributed by atoms with van der Waals surface area (Å²) in [5.74, 6) is -0.303. The van der Waals surface area contributed by atoms with Crippen molar-refractivity contribution in [1.29, 1.82) is 0 Å². The highest BCUT2D eigenvalue weighted by Crippen LogP contribution is 2.24. The molecule has 0 aliphatic rings. The summed E-state index contributed by atoms with van der Waals surface area (Å²) in [7, 11) is -3.85. The molecule has 21 heavy (non-hydrogen) atoms. The number of primary sulfonamides is 1. The molecule has 0 saturated carbocycles. The lowest BCUT2D eigenvalue weighted by molar-refractivity contribution is 0.0948. The molecule has 1 amide bonds. The number of hydrogen-bond acceptors (Lipinski definition) is 3. The molecule has 0 aromatic heterocycles. The van der Waals surface area contributed by atoms with Gasteiger partial charge in [-0.3, -0.25) is 4.79 Å². The standard InChI is InChI=1S/C14H21BrN2O3S/c1-9-11(13(18)17-6-5-14(2,3)4)7-10(8-12(9)15)21(16,19)20/h7-8H,5-6H2,1-4H3,(H,17,18)(H2,16,19,20). The Morgan fingerprint density at radius 3 is 2.38 bits per heavy atom. The van der Waals surface area contributed by atoms with Crippen LogP contribution in [0, 0.1) is 12.3 Å². The van der Waals surface area contributed by atoms with E-state index >= 15 is 0 Å². The number of sulfonamides is 1. The molecule has 5 nitrogen and oxygen atoms in total. The van der Waals surface area contributed by atoms with Gasteiger partial charge in [-0.1, -0.05) is 36.7 Å². The third-order valence-electron chi connectivity index (χ3n) is 3.05. The molecule has 0 fully saturated rings. The molecule has 0 atom stereocenters. The number of amides is 1. The van der Waals surface area contributed by atoms with E-state index in [-0.39, 0.29) is 16.2 Å². The van der Waals surface area contributed by atoms with Crippen LogP contribution in [0.2, 0.25) is 0 Å². The highest BCUT2D eigenvalue weighted by Gasteiger charge is 2.18. The van der Waals surface area contributed by atoms with Crippen LogP contribution in [0.3, 0.4) is 0 Å². The van der Waals surface area contributed by atoms with E-state index < -0.39 is 10.0 Å². The van der Waals surface area contributed by atoms with Crippen molar-refractivity contribution in [2.24, 2.45) is 10.6 Å². The lowest BCUT2D eigenvalue weighted by Crippen LogP contribution is -2.28. The number of rotatable bonds is 4. The third kappa shape index (κ3) is 5.41. The van der Waals surface area contributed by atoms with E-state index in [0.717, 1.165) is 6.42 Å². The van der Waals surface area contributed by atoms with E-state index in [1.54, 1.807) is 6.92 Å². The minimum absolute atomic E-state index is 0.0825. The third-order valence-corrected chi connectivity index (χ3v) is 4.77. The van der Waals surface area contributed by atoms with Crippen molar-refractivity contribution in [3.05, 3.63) is 27.7 Å². The Labute approximate surface area is 134 Å². The zero-order chi connectivity index (χ0) is 16.4. The van der Waals surface area contributed by atoms with Crippen molar-refractivity contribution in [3.8, 4) is 0 Å². The molecule has 118 valence electrons. The van der Waals surface area contributed by atoms with Crippen LogP contribution in [0.4, 0.5) is 0 Å². The lowest BCUT2D eigenvalue weighted by Gasteiger charge is -2.18. The fourth-order valence-electron chi connectivity index (χ4n) is 1.70. The van der Waals surface area contributed by atoms with Gasteiger partial charge in [0.2, 0.25) is 10.0 Å². The van der Waals surface area contributed by atoms with E-state index in [9.17, 15) is 13.2 Å². The summed E-state index contributed by atoms with van der Waals surface area (Å²) in [6, 6.07) is 2.71. The van der Waals surface area contributed by atoms with Crippen molar-refractivity contribution < 1.29 is 13.2 Å². The van der Waals surface area contributed by atoms with Gasteiger partial charge in [-0.25, -0.2) is 13.6 Å². The molecule has 0 bridgehead atoms. The SMILES string of the molecule is Cc1c(Br)cc(S(N)(=O)=O)cc1C(=O)NCCC(C)(C)C. The first-order valence-electron chi connectivity index (χ1n) is 6.53. The number of halogens is 1. The second kappa shape index (κ2) is 6.46. The fraction of sp³-hybridized carbons (Fsp3) is 0.500. The Balaban J connectivity index is 3.02. The van der Waals surface area contributed by atoms with Gasteiger partial charge in [-0.15, -0.1) is 0 Å². The smallest absolute Gasteiger partial charge is 0.251 e. The Bertz CT molecular complexity index is 649. The Hall–Kier alpha value is -0.920. The average molecular weight is 377 g/mol. The Morgan fingerprint density at radius 1 is 1.33 bits per heavy atom. The molecular weight excluding hydrogens is 356 g/mol. The number of nitrogens with one attached hydrogen (secondary N) is 1. The zero-order valence-electron chi connectivity index (χ0n) is 12.7. The van der Waals surface area contributed by atoms with Crippen LogP contribution in [-0.2, 0) is 10.0 Å². The molecular formula is C14H21BrN2O3S. The molecule has 1 rings (SSSR count). The predicted octanol–water partition coefficient (Wildman–Crippen LogP) is 2.57. The van der Waals surface area contributed by atoms with Crippen LogP contribution >= 0.6 is 15.9 Å². The molecule has 0 unspecified atom stereocenters. The maximum atomic E-state index is 12.2. The molecule has 0 saturated heterocycles. The predicted molar refractivity (Wildman–Crippen MR) is 86.7 cm³/mol. The first-order chi connectivity index (χ1) is 9.42. The topological polar surface area (TPSA) is 89.3 Å². The van der Waals surface area contributed by atoms with E-state index in [1.807, 2.05) is 0 Å². The van der Waals surface area contributed by atoms with Gasteiger partial charge in [0.25, 0.3) is 5.91 Å². The Morgan fingerprint density at radius 2 is 1.90 bits per heavy atom. The van der Waals surface area contributed by atoms with Crippen LogP contribution in [-0.4, -0.2) is 20.9 Å². The minimum atomic E-state index is -3.85. The number of nitrogens with two attached hydrogens (primary N) is 1. The monoisotopic (exact) mass is 376 g/mol. The molecule has 1 aromatic rings. The summed E-state index contributed by atoms with van der Waals surface area (Å²) >= 11 is 3.26. The molecule has 0 aliphatic carbocycles. The molecule has 0 radical (unpaired) electrons. The number of hydrogen-bond donors (Lipinski definition) is 2.